The Morgan fingerprint density at radius 3 is 2.25 bits per heavy atom. The van der Waals surface area contributed by atoms with E-state index in [1.54, 1.807) is 44.2 Å². The van der Waals surface area contributed by atoms with E-state index in [4.69, 9.17) is 0 Å². The lowest BCUT2D eigenvalue weighted by molar-refractivity contribution is -0.139. The molecule has 0 radical (unpaired) electrons. The molecule has 0 saturated carbocycles. The molecule has 0 unspecified atom stereocenters. The number of nitrogens with zero attached hydrogens (tertiary/aromatic N) is 2. The molecule has 190 valence electrons. The number of hydrogen-bond acceptors (Lipinski definition) is 4. The average molecular weight is 512 g/mol. The van der Waals surface area contributed by atoms with Gasteiger partial charge in [-0.1, -0.05) is 48.0 Å². The van der Waals surface area contributed by atoms with Crippen LogP contribution in [0.1, 0.15) is 25.0 Å². The molecule has 0 aromatic heterocycles. The van der Waals surface area contributed by atoms with Crippen LogP contribution in [0.3, 0.4) is 0 Å². The number of carbonyl (C=O) groups excluding carboxylic acids is 2. The number of amides is 2. The van der Waals surface area contributed by atoms with Gasteiger partial charge in [0.15, 0.2) is 0 Å². The summed E-state index contributed by atoms with van der Waals surface area (Å²) in [5.41, 5.74) is 2.08. The highest BCUT2D eigenvalue weighted by Crippen LogP contribution is 2.24. The highest BCUT2D eigenvalue weighted by atomic mass is 32.2. The number of hydrogen-bond donors (Lipinski definition) is 1. The molecule has 0 fully saturated rings. The van der Waals surface area contributed by atoms with Gasteiger partial charge in [0.05, 0.1) is 10.6 Å². The number of halogens is 1. The van der Waals surface area contributed by atoms with Gasteiger partial charge in [0.2, 0.25) is 11.8 Å². The second-order valence-corrected chi connectivity index (χ2v) is 10.2. The number of anilines is 1. The van der Waals surface area contributed by atoms with E-state index in [-0.39, 0.29) is 23.0 Å². The maximum absolute atomic E-state index is 13.7. The van der Waals surface area contributed by atoms with Crippen LogP contribution in [-0.4, -0.2) is 44.3 Å². The van der Waals surface area contributed by atoms with Crippen molar-refractivity contribution >= 4 is 27.5 Å². The van der Waals surface area contributed by atoms with E-state index in [0.29, 0.717) is 6.54 Å². The van der Waals surface area contributed by atoms with Crippen molar-refractivity contribution in [2.75, 3.05) is 17.4 Å². The number of para-hydroxylation sites is 1. The van der Waals surface area contributed by atoms with Crippen molar-refractivity contribution in [3.8, 4) is 0 Å². The Bertz CT molecular complexity index is 1300. The molecule has 36 heavy (non-hydrogen) atoms. The maximum atomic E-state index is 13.7. The van der Waals surface area contributed by atoms with Crippen LogP contribution in [0.5, 0.6) is 0 Å². The van der Waals surface area contributed by atoms with Gasteiger partial charge >= 0.3 is 0 Å². The summed E-state index contributed by atoms with van der Waals surface area (Å²) in [4.78, 5) is 27.6. The van der Waals surface area contributed by atoms with Crippen LogP contribution in [0.15, 0.2) is 83.8 Å². The van der Waals surface area contributed by atoms with Crippen LogP contribution < -0.4 is 9.62 Å². The van der Waals surface area contributed by atoms with E-state index >= 15 is 0 Å². The smallest absolute Gasteiger partial charge is 0.264 e. The first-order valence-corrected chi connectivity index (χ1v) is 13.0. The first-order valence-electron chi connectivity index (χ1n) is 11.6. The number of nitrogens with one attached hydrogen (secondary N) is 1. The second-order valence-electron chi connectivity index (χ2n) is 8.38. The third kappa shape index (κ3) is 6.48. The summed E-state index contributed by atoms with van der Waals surface area (Å²) in [7, 11) is -4.22. The van der Waals surface area contributed by atoms with Gasteiger partial charge in [0.25, 0.3) is 10.0 Å². The van der Waals surface area contributed by atoms with E-state index in [2.05, 4.69) is 5.32 Å². The number of sulfonamides is 1. The van der Waals surface area contributed by atoms with Crippen molar-refractivity contribution < 1.29 is 22.4 Å². The Kier molecular flexibility index (Phi) is 8.82. The Morgan fingerprint density at radius 2 is 1.64 bits per heavy atom. The van der Waals surface area contributed by atoms with Crippen LogP contribution in [0.25, 0.3) is 0 Å². The molecule has 3 aromatic carbocycles. The number of benzene rings is 3. The van der Waals surface area contributed by atoms with E-state index in [9.17, 15) is 22.4 Å². The van der Waals surface area contributed by atoms with Gasteiger partial charge in [0.1, 0.15) is 18.4 Å². The Hall–Kier alpha value is -3.72. The van der Waals surface area contributed by atoms with Gasteiger partial charge in [-0.3, -0.25) is 13.9 Å². The Morgan fingerprint density at radius 1 is 0.972 bits per heavy atom. The lowest BCUT2D eigenvalue weighted by Gasteiger charge is -2.32. The number of aryl methyl sites for hydroxylation is 1. The first kappa shape index (κ1) is 26.9. The zero-order chi connectivity index (χ0) is 26.3. The van der Waals surface area contributed by atoms with Crippen LogP contribution in [0.2, 0.25) is 0 Å². The van der Waals surface area contributed by atoms with Crippen LogP contribution in [0.4, 0.5) is 10.1 Å². The van der Waals surface area contributed by atoms with Crippen molar-refractivity contribution in [2.24, 2.45) is 0 Å². The van der Waals surface area contributed by atoms with E-state index in [1.807, 2.05) is 31.2 Å². The Balaban J connectivity index is 2.00. The van der Waals surface area contributed by atoms with Crippen molar-refractivity contribution in [1.29, 1.82) is 0 Å². The van der Waals surface area contributed by atoms with E-state index in [0.717, 1.165) is 39.7 Å². The Labute approximate surface area is 211 Å². The lowest BCUT2D eigenvalue weighted by atomic mass is 10.1. The topological polar surface area (TPSA) is 86.8 Å². The van der Waals surface area contributed by atoms with Crippen LogP contribution >= 0.6 is 0 Å². The number of carbonyl (C=O) groups is 2. The average Bonchev–Trinajstić information content (AvgIpc) is 2.86. The summed E-state index contributed by atoms with van der Waals surface area (Å²) < 4.78 is 41.6. The summed E-state index contributed by atoms with van der Waals surface area (Å²) in [6.45, 7) is 5.29. The molecule has 2 amide bonds. The third-order valence-electron chi connectivity index (χ3n) is 5.68. The highest BCUT2D eigenvalue weighted by Gasteiger charge is 2.32. The quantitative estimate of drug-likeness (QED) is 0.448. The molecule has 0 heterocycles. The summed E-state index contributed by atoms with van der Waals surface area (Å²) in [6, 6.07) is 19.3. The molecule has 3 rings (SSSR count). The minimum atomic E-state index is -4.22. The molecule has 0 aliphatic carbocycles. The molecule has 0 aliphatic rings. The normalized spacial score (nSPS) is 12.0. The van der Waals surface area contributed by atoms with Crippen molar-refractivity contribution in [1.82, 2.24) is 10.2 Å². The predicted molar refractivity (Wildman–Crippen MR) is 137 cm³/mol. The summed E-state index contributed by atoms with van der Waals surface area (Å²) in [5.74, 6) is -1.47. The van der Waals surface area contributed by atoms with E-state index < -0.39 is 34.3 Å². The monoisotopic (exact) mass is 511 g/mol. The van der Waals surface area contributed by atoms with Crippen molar-refractivity contribution in [2.45, 2.75) is 38.3 Å². The lowest BCUT2D eigenvalue weighted by Crippen LogP contribution is -2.51. The second kappa shape index (κ2) is 11.8. The zero-order valence-corrected chi connectivity index (χ0v) is 21.3. The van der Waals surface area contributed by atoms with Gasteiger partial charge in [-0.15, -0.1) is 0 Å². The third-order valence-corrected chi connectivity index (χ3v) is 7.47. The summed E-state index contributed by atoms with van der Waals surface area (Å²) >= 11 is 0. The largest absolute Gasteiger partial charge is 0.355 e. The SMILES string of the molecule is CCNC(=O)[C@H](C)N(Cc1cccc(C)c1)C(=O)CN(c1ccccc1)S(=O)(=O)c1ccc(F)cc1. The molecular formula is C27H30FN3O4S. The summed E-state index contributed by atoms with van der Waals surface area (Å²) in [5, 5.41) is 2.72. The minimum absolute atomic E-state index is 0.123. The molecule has 0 saturated heterocycles. The number of likely N-dealkylation sites (N-methyl/N-ethyl adjacent to an activating group) is 1. The fraction of sp³-hybridized carbons (Fsp3) is 0.259. The van der Waals surface area contributed by atoms with Gasteiger partial charge in [-0.05, 0) is 62.7 Å². The summed E-state index contributed by atoms with van der Waals surface area (Å²) in [6.07, 6.45) is 0. The fourth-order valence-corrected chi connectivity index (χ4v) is 5.18. The molecule has 9 heteroatoms. The molecule has 0 bridgehead atoms. The first-order chi connectivity index (χ1) is 17.1. The standard InChI is InChI=1S/C27H30FN3O4S/c1-4-29-27(33)21(3)30(18-22-10-8-9-20(2)17-22)26(32)19-31(24-11-6-5-7-12-24)36(34,35)25-15-13-23(28)14-16-25/h5-17,21H,4,18-19H2,1-3H3,(H,29,33)/t21-/m0/s1. The molecule has 0 aliphatic heterocycles. The predicted octanol–water partition coefficient (Wildman–Crippen LogP) is 3.88. The number of rotatable bonds is 10. The van der Waals surface area contributed by atoms with Gasteiger partial charge in [0, 0.05) is 13.1 Å². The highest BCUT2D eigenvalue weighted by molar-refractivity contribution is 7.92. The molecule has 1 atom stereocenters. The molecular weight excluding hydrogens is 481 g/mol. The van der Waals surface area contributed by atoms with Crippen LogP contribution in [-0.2, 0) is 26.2 Å². The molecule has 7 nitrogen and oxygen atoms in total. The molecule has 1 N–H and O–H groups in total. The molecule has 0 spiro atoms. The zero-order valence-electron chi connectivity index (χ0n) is 20.5. The van der Waals surface area contributed by atoms with Gasteiger partial charge in [-0.25, -0.2) is 12.8 Å². The van der Waals surface area contributed by atoms with Gasteiger partial charge < -0.3 is 10.2 Å². The van der Waals surface area contributed by atoms with E-state index in [1.165, 1.54) is 4.90 Å². The van der Waals surface area contributed by atoms with Crippen molar-refractivity contribution in [3.63, 3.8) is 0 Å². The minimum Gasteiger partial charge on any atom is -0.355 e. The molecule has 3 aromatic rings. The fourth-order valence-electron chi connectivity index (χ4n) is 3.77. The van der Waals surface area contributed by atoms with Gasteiger partial charge in [-0.2, -0.15) is 0 Å². The maximum Gasteiger partial charge on any atom is 0.264 e. The van der Waals surface area contributed by atoms with Crippen molar-refractivity contribution in [3.05, 3.63) is 95.8 Å². The van der Waals surface area contributed by atoms with Crippen LogP contribution in [0, 0.1) is 12.7 Å².